The Balaban J connectivity index is 2.18. The molecule has 1 saturated carbocycles. The molecule has 0 saturated heterocycles. The molecule has 18 heavy (non-hydrogen) atoms. The highest BCUT2D eigenvalue weighted by molar-refractivity contribution is 9.11. The maximum Gasteiger partial charge on any atom is 0.135 e. The standard InChI is InChI=1S/C13H16Br2O3/c1-13(2)11(16)6-12(13)18-10-5-7(14)9(17-3)4-8(10)15/h4-5,11-12,16H,6H2,1-3H3. The van der Waals surface area contributed by atoms with Crippen molar-refractivity contribution in [1.82, 2.24) is 0 Å². The summed E-state index contributed by atoms with van der Waals surface area (Å²) in [6.45, 7) is 4.02. The van der Waals surface area contributed by atoms with Crippen LogP contribution < -0.4 is 9.47 Å². The third-order valence-corrected chi connectivity index (χ3v) is 4.84. The summed E-state index contributed by atoms with van der Waals surface area (Å²) >= 11 is 6.90. The molecule has 1 aliphatic rings. The van der Waals surface area contributed by atoms with Gasteiger partial charge in [-0.2, -0.15) is 0 Å². The molecule has 2 atom stereocenters. The van der Waals surface area contributed by atoms with E-state index in [0.717, 1.165) is 20.4 Å². The summed E-state index contributed by atoms with van der Waals surface area (Å²) in [4.78, 5) is 0. The van der Waals surface area contributed by atoms with E-state index in [1.54, 1.807) is 7.11 Å². The second-order valence-electron chi connectivity index (χ2n) is 5.10. The maximum atomic E-state index is 9.71. The van der Waals surface area contributed by atoms with Crippen LogP contribution in [0.5, 0.6) is 11.5 Å². The van der Waals surface area contributed by atoms with Gasteiger partial charge in [-0.1, -0.05) is 13.8 Å². The quantitative estimate of drug-likeness (QED) is 0.868. The summed E-state index contributed by atoms with van der Waals surface area (Å²) in [5, 5.41) is 9.71. The van der Waals surface area contributed by atoms with Crippen molar-refractivity contribution in [1.29, 1.82) is 0 Å². The molecule has 1 fully saturated rings. The fourth-order valence-corrected chi connectivity index (χ4v) is 2.87. The van der Waals surface area contributed by atoms with Gasteiger partial charge in [0.05, 0.1) is 22.2 Å². The number of methoxy groups -OCH3 is 1. The third-order valence-electron chi connectivity index (χ3n) is 3.60. The molecule has 0 heterocycles. The van der Waals surface area contributed by atoms with E-state index in [0.29, 0.717) is 6.42 Å². The minimum absolute atomic E-state index is 0.0316. The Bertz CT molecular complexity index is 460. The highest BCUT2D eigenvalue weighted by Gasteiger charge is 2.49. The molecule has 1 aliphatic carbocycles. The van der Waals surface area contributed by atoms with Crippen molar-refractivity contribution in [2.45, 2.75) is 32.5 Å². The van der Waals surface area contributed by atoms with Crippen molar-refractivity contribution in [3.63, 3.8) is 0 Å². The van der Waals surface area contributed by atoms with Gasteiger partial charge >= 0.3 is 0 Å². The normalized spacial score (nSPS) is 25.4. The Hall–Kier alpha value is -0.260. The van der Waals surface area contributed by atoms with Gasteiger partial charge in [-0.15, -0.1) is 0 Å². The molecule has 0 amide bonds. The zero-order valence-corrected chi connectivity index (χ0v) is 13.7. The van der Waals surface area contributed by atoms with Gasteiger partial charge < -0.3 is 14.6 Å². The molecule has 2 unspecified atom stereocenters. The largest absolute Gasteiger partial charge is 0.496 e. The van der Waals surface area contributed by atoms with Crippen LogP contribution in [0.1, 0.15) is 20.3 Å². The van der Waals surface area contributed by atoms with Gasteiger partial charge in [-0.3, -0.25) is 0 Å². The first-order chi connectivity index (χ1) is 8.36. The molecule has 0 aliphatic heterocycles. The van der Waals surface area contributed by atoms with Gasteiger partial charge in [0.15, 0.2) is 0 Å². The van der Waals surface area contributed by atoms with E-state index in [1.165, 1.54) is 0 Å². The van der Waals surface area contributed by atoms with Crippen LogP contribution >= 0.6 is 31.9 Å². The Labute approximate surface area is 124 Å². The zero-order chi connectivity index (χ0) is 13.5. The van der Waals surface area contributed by atoms with Crippen molar-refractivity contribution >= 4 is 31.9 Å². The predicted molar refractivity (Wildman–Crippen MR) is 77.2 cm³/mol. The minimum Gasteiger partial charge on any atom is -0.496 e. The molecule has 1 aromatic rings. The van der Waals surface area contributed by atoms with E-state index in [4.69, 9.17) is 9.47 Å². The minimum atomic E-state index is -0.289. The van der Waals surface area contributed by atoms with Gasteiger partial charge in [0.1, 0.15) is 17.6 Å². The van der Waals surface area contributed by atoms with Crippen molar-refractivity contribution < 1.29 is 14.6 Å². The van der Waals surface area contributed by atoms with Gasteiger partial charge in [0.25, 0.3) is 0 Å². The van der Waals surface area contributed by atoms with Crippen LogP contribution in [-0.2, 0) is 0 Å². The lowest BCUT2D eigenvalue weighted by Gasteiger charge is -2.48. The first kappa shape index (κ1) is 14.2. The van der Waals surface area contributed by atoms with Crippen LogP contribution in [0.3, 0.4) is 0 Å². The second kappa shape index (κ2) is 5.02. The van der Waals surface area contributed by atoms with Crippen LogP contribution in [-0.4, -0.2) is 24.4 Å². The monoisotopic (exact) mass is 378 g/mol. The van der Waals surface area contributed by atoms with Crippen molar-refractivity contribution in [2.24, 2.45) is 5.41 Å². The van der Waals surface area contributed by atoms with Crippen molar-refractivity contribution in [2.75, 3.05) is 7.11 Å². The molecule has 3 nitrogen and oxygen atoms in total. The average Bonchev–Trinajstić information content (AvgIpc) is 2.32. The van der Waals surface area contributed by atoms with Crippen LogP contribution in [0.15, 0.2) is 21.1 Å². The maximum absolute atomic E-state index is 9.71. The Morgan fingerprint density at radius 1 is 1.22 bits per heavy atom. The number of hydrogen-bond donors (Lipinski definition) is 1. The SMILES string of the molecule is COc1cc(Br)c(OC2CC(O)C2(C)C)cc1Br. The molecule has 0 bridgehead atoms. The molecule has 0 spiro atoms. The van der Waals surface area contributed by atoms with Crippen LogP contribution in [0, 0.1) is 5.41 Å². The van der Waals surface area contributed by atoms with Gasteiger partial charge in [-0.25, -0.2) is 0 Å². The molecule has 2 rings (SSSR count). The summed E-state index contributed by atoms with van der Waals surface area (Å²) < 4.78 is 12.9. The lowest BCUT2D eigenvalue weighted by Crippen LogP contribution is -2.56. The Morgan fingerprint density at radius 3 is 2.28 bits per heavy atom. The average molecular weight is 380 g/mol. The lowest BCUT2D eigenvalue weighted by atomic mass is 9.66. The van der Waals surface area contributed by atoms with E-state index < -0.39 is 0 Å². The molecule has 0 radical (unpaired) electrons. The Morgan fingerprint density at radius 2 is 1.78 bits per heavy atom. The first-order valence-electron chi connectivity index (χ1n) is 5.74. The number of hydrogen-bond acceptors (Lipinski definition) is 3. The summed E-state index contributed by atoms with van der Waals surface area (Å²) in [7, 11) is 1.62. The summed E-state index contributed by atoms with van der Waals surface area (Å²) in [5.41, 5.74) is -0.203. The van der Waals surface area contributed by atoms with E-state index in [1.807, 2.05) is 26.0 Å². The predicted octanol–water partition coefficient (Wildman–Crippen LogP) is 3.76. The number of halogens is 2. The molecular weight excluding hydrogens is 364 g/mol. The fraction of sp³-hybridized carbons (Fsp3) is 0.538. The van der Waals surface area contributed by atoms with Crippen molar-refractivity contribution in [3.05, 3.63) is 21.1 Å². The molecule has 5 heteroatoms. The fourth-order valence-electron chi connectivity index (χ4n) is 1.97. The van der Waals surface area contributed by atoms with Crippen molar-refractivity contribution in [3.8, 4) is 11.5 Å². The van der Waals surface area contributed by atoms with Crippen LogP contribution in [0.25, 0.3) is 0 Å². The van der Waals surface area contributed by atoms with Gasteiger partial charge in [0, 0.05) is 11.8 Å². The topological polar surface area (TPSA) is 38.7 Å². The first-order valence-corrected chi connectivity index (χ1v) is 7.32. The number of rotatable bonds is 3. The second-order valence-corrected chi connectivity index (χ2v) is 6.81. The number of aliphatic hydroxyl groups is 1. The van der Waals surface area contributed by atoms with Gasteiger partial charge in [-0.05, 0) is 44.0 Å². The van der Waals surface area contributed by atoms with Crippen LogP contribution in [0.4, 0.5) is 0 Å². The molecule has 1 N–H and O–H groups in total. The highest BCUT2D eigenvalue weighted by atomic mass is 79.9. The van der Waals surface area contributed by atoms with E-state index >= 15 is 0 Å². The molecular formula is C13H16Br2O3. The summed E-state index contributed by atoms with van der Waals surface area (Å²) in [6, 6.07) is 3.74. The zero-order valence-electron chi connectivity index (χ0n) is 10.5. The molecule has 100 valence electrons. The van der Waals surface area contributed by atoms with E-state index in [2.05, 4.69) is 31.9 Å². The number of ether oxygens (including phenoxy) is 2. The Kier molecular flexibility index (Phi) is 3.95. The highest BCUT2D eigenvalue weighted by Crippen LogP contribution is 2.45. The lowest BCUT2D eigenvalue weighted by molar-refractivity contribution is -0.134. The molecule has 1 aromatic carbocycles. The number of aliphatic hydroxyl groups excluding tert-OH is 1. The summed E-state index contributed by atoms with van der Waals surface area (Å²) in [5.74, 6) is 1.51. The van der Waals surface area contributed by atoms with Gasteiger partial charge in [0.2, 0.25) is 0 Å². The summed E-state index contributed by atoms with van der Waals surface area (Å²) in [6.07, 6.45) is 0.412. The third kappa shape index (κ3) is 2.40. The molecule has 0 aromatic heterocycles. The van der Waals surface area contributed by atoms with Crippen LogP contribution in [0.2, 0.25) is 0 Å². The van der Waals surface area contributed by atoms with E-state index in [-0.39, 0.29) is 17.6 Å². The smallest absolute Gasteiger partial charge is 0.135 e. The number of benzene rings is 1. The van der Waals surface area contributed by atoms with E-state index in [9.17, 15) is 5.11 Å².